The maximum Gasteiger partial charge on any atom is 0.281 e. The van der Waals surface area contributed by atoms with Gasteiger partial charge in [-0.2, -0.15) is 0 Å². The molecular formula is C16H11Cl3N4O2. The maximum atomic E-state index is 12.3. The predicted molar refractivity (Wildman–Crippen MR) is 98.0 cm³/mol. The van der Waals surface area contributed by atoms with Gasteiger partial charge in [0.15, 0.2) is 5.82 Å². The fourth-order valence-corrected chi connectivity index (χ4v) is 2.70. The minimum absolute atomic E-state index is 0.0868. The number of hydrogen-bond acceptors (Lipinski definition) is 4. The van der Waals surface area contributed by atoms with Crippen LogP contribution in [0.5, 0.6) is 0 Å². The van der Waals surface area contributed by atoms with E-state index in [0.717, 1.165) is 0 Å². The standard InChI is InChI=1S/C16H11Cl3N4O2/c17-12-3-1-4-13(18)11(12)9-25-21-8-10-7-20-23(16(10)24)15-6-2-5-14(19)22-15/h1-8,20H,9H2/b21-8+. The van der Waals surface area contributed by atoms with Crippen molar-refractivity contribution >= 4 is 41.0 Å². The Morgan fingerprint density at radius 1 is 1.16 bits per heavy atom. The Labute approximate surface area is 157 Å². The molecule has 0 spiro atoms. The first-order chi connectivity index (χ1) is 12.1. The van der Waals surface area contributed by atoms with Gasteiger partial charge in [-0.1, -0.05) is 52.1 Å². The molecule has 0 bridgehead atoms. The average Bonchev–Trinajstić information content (AvgIpc) is 2.94. The molecule has 0 atom stereocenters. The van der Waals surface area contributed by atoms with Crippen LogP contribution in [0.3, 0.4) is 0 Å². The lowest BCUT2D eigenvalue weighted by molar-refractivity contribution is 0.132. The highest BCUT2D eigenvalue weighted by Gasteiger charge is 2.08. The third kappa shape index (κ3) is 4.04. The Balaban J connectivity index is 1.72. The molecule has 2 heterocycles. The molecule has 25 heavy (non-hydrogen) atoms. The number of pyridine rings is 1. The number of aromatic nitrogens is 3. The smallest absolute Gasteiger partial charge is 0.281 e. The normalized spacial score (nSPS) is 11.2. The predicted octanol–water partition coefficient (Wildman–Crippen LogP) is 4.07. The fourth-order valence-electron chi connectivity index (χ4n) is 2.03. The molecule has 0 amide bonds. The van der Waals surface area contributed by atoms with Gasteiger partial charge < -0.3 is 4.84 Å². The third-order valence-corrected chi connectivity index (χ3v) is 4.18. The minimum atomic E-state index is -0.335. The molecule has 3 rings (SSSR count). The van der Waals surface area contributed by atoms with Gasteiger partial charge in [-0.15, -0.1) is 0 Å². The van der Waals surface area contributed by atoms with Gasteiger partial charge in [-0.05, 0) is 24.3 Å². The zero-order valence-corrected chi connectivity index (χ0v) is 14.9. The van der Waals surface area contributed by atoms with Crippen molar-refractivity contribution in [2.75, 3.05) is 0 Å². The summed E-state index contributed by atoms with van der Waals surface area (Å²) in [6.07, 6.45) is 2.78. The van der Waals surface area contributed by atoms with E-state index in [4.69, 9.17) is 39.6 Å². The first-order valence-electron chi connectivity index (χ1n) is 7.08. The largest absolute Gasteiger partial charge is 0.391 e. The van der Waals surface area contributed by atoms with Gasteiger partial charge >= 0.3 is 0 Å². The molecule has 1 aromatic carbocycles. The van der Waals surface area contributed by atoms with Crippen molar-refractivity contribution in [2.24, 2.45) is 5.16 Å². The van der Waals surface area contributed by atoms with Crippen LogP contribution in [0.25, 0.3) is 5.82 Å². The Hall–Kier alpha value is -2.28. The van der Waals surface area contributed by atoms with Crippen LogP contribution in [0.1, 0.15) is 11.1 Å². The Kier molecular flexibility index (Phi) is 5.43. The number of nitrogens with zero attached hydrogens (tertiary/aromatic N) is 3. The van der Waals surface area contributed by atoms with Crippen molar-refractivity contribution in [3.05, 3.63) is 79.3 Å². The van der Waals surface area contributed by atoms with Gasteiger partial charge in [0.1, 0.15) is 11.8 Å². The van der Waals surface area contributed by atoms with Gasteiger partial charge in [0.2, 0.25) is 0 Å². The quantitative estimate of drug-likeness (QED) is 0.401. The highest BCUT2D eigenvalue weighted by atomic mass is 35.5. The zero-order chi connectivity index (χ0) is 17.8. The number of aromatic amines is 1. The van der Waals surface area contributed by atoms with Crippen molar-refractivity contribution < 1.29 is 4.84 Å². The maximum absolute atomic E-state index is 12.3. The van der Waals surface area contributed by atoms with E-state index in [1.807, 2.05) is 0 Å². The second kappa shape index (κ2) is 7.74. The van der Waals surface area contributed by atoms with Crippen LogP contribution in [0.4, 0.5) is 0 Å². The second-order valence-corrected chi connectivity index (χ2v) is 6.10. The number of benzene rings is 1. The SMILES string of the molecule is O=c1c(/C=N/OCc2c(Cl)cccc2Cl)c[nH]n1-c1cccc(Cl)n1. The fraction of sp³-hybridized carbons (Fsp3) is 0.0625. The molecule has 0 aliphatic heterocycles. The summed E-state index contributed by atoms with van der Waals surface area (Å²) >= 11 is 17.9. The topological polar surface area (TPSA) is 72.3 Å². The van der Waals surface area contributed by atoms with E-state index in [0.29, 0.717) is 27.0 Å². The van der Waals surface area contributed by atoms with E-state index >= 15 is 0 Å². The molecule has 0 radical (unpaired) electrons. The summed E-state index contributed by atoms with van der Waals surface area (Å²) in [5, 5.41) is 7.83. The highest BCUT2D eigenvalue weighted by Crippen LogP contribution is 2.24. The van der Waals surface area contributed by atoms with E-state index < -0.39 is 0 Å². The lowest BCUT2D eigenvalue weighted by Crippen LogP contribution is -2.18. The minimum Gasteiger partial charge on any atom is -0.391 e. The van der Waals surface area contributed by atoms with Crippen LogP contribution >= 0.6 is 34.8 Å². The van der Waals surface area contributed by atoms with E-state index in [1.165, 1.54) is 17.1 Å². The molecule has 0 saturated heterocycles. The van der Waals surface area contributed by atoms with Crippen molar-refractivity contribution in [2.45, 2.75) is 6.61 Å². The lowest BCUT2D eigenvalue weighted by Gasteiger charge is -2.04. The highest BCUT2D eigenvalue weighted by molar-refractivity contribution is 6.35. The summed E-state index contributed by atoms with van der Waals surface area (Å²) in [7, 11) is 0. The average molecular weight is 398 g/mol. The summed E-state index contributed by atoms with van der Waals surface area (Å²) in [5.74, 6) is 0.376. The van der Waals surface area contributed by atoms with Crippen molar-refractivity contribution in [1.29, 1.82) is 0 Å². The number of H-pyrrole nitrogens is 1. The van der Waals surface area contributed by atoms with Crippen molar-refractivity contribution in [1.82, 2.24) is 14.8 Å². The van der Waals surface area contributed by atoms with Gasteiger partial charge in [-0.3, -0.25) is 9.89 Å². The molecule has 0 aliphatic carbocycles. The Morgan fingerprint density at radius 3 is 2.60 bits per heavy atom. The van der Waals surface area contributed by atoms with Crippen LogP contribution in [0.2, 0.25) is 15.2 Å². The number of oxime groups is 1. The van der Waals surface area contributed by atoms with Gasteiger partial charge in [0.05, 0.1) is 11.8 Å². The van der Waals surface area contributed by atoms with Crippen molar-refractivity contribution in [3.63, 3.8) is 0 Å². The van der Waals surface area contributed by atoms with Crippen LogP contribution in [-0.2, 0) is 11.4 Å². The van der Waals surface area contributed by atoms with Crippen LogP contribution in [-0.4, -0.2) is 21.0 Å². The first-order valence-corrected chi connectivity index (χ1v) is 8.21. The van der Waals surface area contributed by atoms with Gasteiger partial charge in [0.25, 0.3) is 5.56 Å². The zero-order valence-electron chi connectivity index (χ0n) is 12.6. The van der Waals surface area contributed by atoms with Gasteiger partial charge in [0, 0.05) is 21.8 Å². The molecule has 0 unspecified atom stereocenters. The molecule has 6 nitrogen and oxygen atoms in total. The number of hydrogen-bond donors (Lipinski definition) is 1. The summed E-state index contributed by atoms with van der Waals surface area (Å²) in [6, 6.07) is 10.1. The molecule has 0 saturated carbocycles. The van der Waals surface area contributed by atoms with E-state index in [2.05, 4.69) is 15.2 Å². The Bertz CT molecular complexity index is 961. The summed E-state index contributed by atoms with van der Waals surface area (Å²) in [5.41, 5.74) is 0.586. The summed E-state index contributed by atoms with van der Waals surface area (Å²) < 4.78 is 1.25. The monoisotopic (exact) mass is 396 g/mol. The second-order valence-electron chi connectivity index (χ2n) is 4.90. The molecule has 2 aromatic heterocycles. The van der Waals surface area contributed by atoms with Gasteiger partial charge in [-0.25, -0.2) is 9.67 Å². The van der Waals surface area contributed by atoms with E-state index in [9.17, 15) is 4.79 Å². The number of halogens is 3. The molecule has 0 aliphatic rings. The lowest BCUT2D eigenvalue weighted by atomic mass is 10.2. The van der Waals surface area contributed by atoms with E-state index in [-0.39, 0.29) is 17.3 Å². The summed E-state index contributed by atoms with van der Waals surface area (Å²) in [6.45, 7) is 0.0868. The first kappa shape index (κ1) is 17.5. The Morgan fingerprint density at radius 2 is 1.88 bits per heavy atom. The molecule has 0 fully saturated rings. The van der Waals surface area contributed by atoms with Crippen LogP contribution in [0, 0.1) is 0 Å². The van der Waals surface area contributed by atoms with E-state index in [1.54, 1.807) is 36.4 Å². The molecular weight excluding hydrogens is 387 g/mol. The molecule has 3 aromatic rings. The molecule has 128 valence electrons. The number of nitrogens with one attached hydrogen (secondary N) is 1. The molecule has 1 N–H and O–H groups in total. The third-order valence-electron chi connectivity index (χ3n) is 3.27. The van der Waals surface area contributed by atoms with Crippen LogP contribution < -0.4 is 5.56 Å². The number of rotatable bonds is 5. The molecule has 9 heteroatoms. The van der Waals surface area contributed by atoms with Crippen molar-refractivity contribution in [3.8, 4) is 5.82 Å². The van der Waals surface area contributed by atoms with Crippen LogP contribution in [0.15, 0.2) is 52.5 Å². The summed E-state index contributed by atoms with van der Waals surface area (Å²) in [4.78, 5) is 21.6.